The summed E-state index contributed by atoms with van der Waals surface area (Å²) in [6, 6.07) is 15.5. The van der Waals surface area contributed by atoms with Gasteiger partial charge in [0.15, 0.2) is 0 Å². The van der Waals surface area contributed by atoms with Gasteiger partial charge in [-0.3, -0.25) is 0 Å². The average Bonchev–Trinajstić information content (AvgIpc) is 2.57. The number of hydrogen-bond acceptors (Lipinski definition) is 5. The van der Waals surface area contributed by atoms with E-state index in [4.69, 9.17) is 16.7 Å². The van der Waals surface area contributed by atoms with Gasteiger partial charge >= 0.3 is 5.97 Å². The maximum absolute atomic E-state index is 11.0. The molecule has 0 amide bonds. The summed E-state index contributed by atoms with van der Waals surface area (Å²) in [5.41, 5.74) is 1.68. The van der Waals surface area contributed by atoms with E-state index in [1.807, 2.05) is 12.1 Å². The van der Waals surface area contributed by atoms with Crippen LogP contribution >= 0.6 is 11.6 Å². The Morgan fingerprint density at radius 2 is 1.58 bits per heavy atom. The lowest BCUT2D eigenvalue weighted by Crippen LogP contribution is -2.00. The van der Waals surface area contributed by atoms with Gasteiger partial charge in [-0.05, 0) is 42.5 Å². The van der Waals surface area contributed by atoms with E-state index in [0.717, 1.165) is 5.69 Å². The molecule has 0 saturated heterocycles. The van der Waals surface area contributed by atoms with Crippen molar-refractivity contribution in [3.05, 3.63) is 71.5 Å². The number of carboxylic acids is 1. The molecule has 1 aromatic heterocycles. The summed E-state index contributed by atoms with van der Waals surface area (Å²) in [4.78, 5) is 19.3. The van der Waals surface area contributed by atoms with Gasteiger partial charge in [-0.1, -0.05) is 17.7 Å². The van der Waals surface area contributed by atoms with E-state index in [2.05, 4.69) is 20.6 Å². The Bertz CT molecular complexity index is 868. The van der Waals surface area contributed by atoms with Crippen molar-refractivity contribution in [2.45, 2.75) is 0 Å². The number of halogens is 1. The molecular formula is C17H13ClN4O2. The topological polar surface area (TPSA) is 87.1 Å². The number of aromatic nitrogens is 2. The molecule has 2 aromatic carbocycles. The first-order chi connectivity index (χ1) is 11.6. The summed E-state index contributed by atoms with van der Waals surface area (Å²) in [7, 11) is 0. The molecule has 7 heteroatoms. The van der Waals surface area contributed by atoms with Gasteiger partial charge in [-0.25, -0.2) is 14.8 Å². The maximum atomic E-state index is 11.0. The zero-order chi connectivity index (χ0) is 16.9. The van der Waals surface area contributed by atoms with Crippen molar-refractivity contribution < 1.29 is 9.90 Å². The van der Waals surface area contributed by atoms with Crippen LogP contribution in [0.5, 0.6) is 0 Å². The Labute approximate surface area is 143 Å². The highest BCUT2D eigenvalue weighted by molar-refractivity contribution is 6.30. The smallest absolute Gasteiger partial charge is 0.335 e. The quantitative estimate of drug-likeness (QED) is 0.641. The van der Waals surface area contributed by atoms with Gasteiger partial charge in [0.25, 0.3) is 0 Å². The molecule has 0 aliphatic rings. The molecule has 3 N–H and O–H groups in total. The van der Waals surface area contributed by atoms with E-state index in [0.29, 0.717) is 22.3 Å². The molecular weight excluding hydrogens is 328 g/mol. The van der Waals surface area contributed by atoms with E-state index in [9.17, 15) is 4.79 Å². The number of hydrogen-bond donors (Lipinski definition) is 3. The number of nitrogens with one attached hydrogen (secondary N) is 2. The van der Waals surface area contributed by atoms with Crippen LogP contribution in [0.15, 0.2) is 60.9 Å². The largest absolute Gasteiger partial charge is 0.478 e. The fourth-order valence-corrected chi connectivity index (χ4v) is 2.18. The molecule has 3 aromatic rings. The molecule has 120 valence electrons. The minimum Gasteiger partial charge on any atom is -0.478 e. The fourth-order valence-electron chi connectivity index (χ4n) is 2.05. The second kappa shape index (κ2) is 6.97. The zero-order valence-corrected chi connectivity index (χ0v) is 13.2. The second-order valence-corrected chi connectivity index (χ2v) is 5.37. The van der Waals surface area contributed by atoms with Gasteiger partial charge in [0.2, 0.25) is 0 Å². The molecule has 0 unspecified atom stereocenters. The maximum Gasteiger partial charge on any atom is 0.335 e. The molecule has 1 heterocycles. The Morgan fingerprint density at radius 3 is 2.25 bits per heavy atom. The summed E-state index contributed by atoms with van der Waals surface area (Å²) >= 11 is 5.86. The molecule has 0 saturated carbocycles. The highest BCUT2D eigenvalue weighted by Crippen LogP contribution is 2.21. The monoisotopic (exact) mass is 340 g/mol. The standard InChI is InChI=1S/C17H13ClN4O2/c18-12-4-6-13(7-5-12)21-15-9-16(20-10-19-15)22-14-3-1-2-11(8-14)17(23)24/h1-10H,(H,23,24)(H2,19,20,21,22). The van der Waals surface area contributed by atoms with Gasteiger partial charge in [-0.2, -0.15) is 0 Å². The predicted molar refractivity (Wildman–Crippen MR) is 93.5 cm³/mol. The van der Waals surface area contributed by atoms with Crippen molar-refractivity contribution >= 4 is 40.6 Å². The SMILES string of the molecule is O=C(O)c1cccc(Nc2cc(Nc3ccc(Cl)cc3)ncn2)c1. The molecule has 3 rings (SSSR count). The summed E-state index contributed by atoms with van der Waals surface area (Å²) in [5, 5.41) is 15.9. The number of anilines is 4. The first-order valence-corrected chi connectivity index (χ1v) is 7.43. The molecule has 0 atom stereocenters. The first kappa shape index (κ1) is 15.8. The minimum absolute atomic E-state index is 0.202. The number of rotatable bonds is 5. The fraction of sp³-hybridized carbons (Fsp3) is 0. The molecule has 6 nitrogen and oxygen atoms in total. The lowest BCUT2D eigenvalue weighted by Gasteiger charge is -2.09. The predicted octanol–water partition coefficient (Wildman–Crippen LogP) is 4.32. The molecule has 0 radical (unpaired) electrons. The zero-order valence-electron chi connectivity index (χ0n) is 12.4. The van der Waals surface area contributed by atoms with Crippen molar-refractivity contribution in [3.63, 3.8) is 0 Å². The Balaban J connectivity index is 1.76. The third kappa shape index (κ3) is 3.99. The van der Waals surface area contributed by atoms with Crippen LogP contribution in [-0.2, 0) is 0 Å². The third-order valence-electron chi connectivity index (χ3n) is 3.17. The highest BCUT2D eigenvalue weighted by Gasteiger charge is 2.05. The molecule has 0 aliphatic heterocycles. The van der Waals surface area contributed by atoms with Gasteiger partial charge < -0.3 is 15.7 Å². The van der Waals surface area contributed by atoms with Crippen LogP contribution < -0.4 is 10.6 Å². The van der Waals surface area contributed by atoms with Crippen molar-refractivity contribution in [1.82, 2.24) is 9.97 Å². The number of benzene rings is 2. The van der Waals surface area contributed by atoms with Gasteiger partial charge in [0.1, 0.15) is 18.0 Å². The average molecular weight is 341 g/mol. The van der Waals surface area contributed by atoms with Crippen LogP contribution in [-0.4, -0.2) is 21.0 Å². The lowest BCUT2D eigenvalue weighted by molar-refractivity contribution is 0.0697. The molecule has 24 heavy (non-hydrogen) atoms. The minimum atomic E-state index is -0.980. The van der Waals surface area contributed by atoms with Gasteiger partial charge in [-0.15, -0.1) is 0 Å². The van der Waals surface area contributed by atoms with Crippen molar-refractivity contribution in [2.75, 3.05) is 10.6 Å². The molecule has 0 spiro atoms. The normalized spacial score (nSPS) is 10.2. The van der Waals surface area contributed by atoms with Crippen LogP contribution in [0, 0.1) is 0 Å². The first-order valence-electron chi connectivity index (χ1n) is 7.05. The Morgan fingerprint density at radius 1 is 0.917 bits per heavy atom. The third-order valence-corrected chi connectivity index (χ3v) is 3.42. The van der Waals surface area contributed by atoms with E-state index < -0.39 is 5.97 Å². The number of aromatic carboxylic acids is 1. The van der Waals surface area contributed by atoms with Crippen LogP contribution in [0.2, 0.25) is 5.02 Å². The number of carboxylic acid groups (broad SMARTS) is 1. The van der Waals surface area contributed by atoms with Gasteiger partial charge in [0, 0.05) is 22.5 Å². The number of carbonyl (C=O) groups is 1. The van der Waals surface area contributed by atoms with E-state index in [-0.39, 0.29) is 5.56 Å². The lowest BCUT2D eigenvalue weighted by atomic mass is 10.2. The van der Waals surface area contributed by atoms with Crippen molar-refractivity contribution in [1.29, 1.82) is 0 Å². The van der Waals surface area contributed by atoms with E-state index in [1.54, 1.807) is 30.3 Å². The Hall–Kier alpha value is -3.12. The van der Waals surface area contributed by atoms with Gasteiger partial charge in [0.05, 0.1) is 5.56 Å². The highest BCUT2D eigenvalue weighted by atomic mass is 35.5. The molecule has 0 fully saturated rings. The summed E-state index contributed by atoms with van der Waals surface area (Å²) in [6.45, 7) is 0. The van der Waals surface area contributed by atoms with E-state index in [1.165, 1.54) is 18.5 Å². The summed E-state index contributed by atoms with van der Waals surface area (Å²) in [6.07, 6.45) is 1.42. The van der Waals surface area contributed by atoms with E-state index >= 15 is 0 Å². The van der Waals surface area contributed by atoms with Crippen molar-refractivity contribution in [2.24, 2.45) is 0 Å². The van der Waals surface area contributed by atoms with Crippen LogP contribution in [0.25, 0.3) is 0 Å². The van der Waals surface area contributed by atoms with Crippen LogP contribution in [0.4, 0.5) is 23.0 Å². The summed E-state index contributed by atoms with van der Waals surface area (Å²) in [5.74, 6) is 0.166. The Kier molecular flexibility index (Phi) is 4.58. The number of nitrogens with zero attached hydrogens (tertiary/aromatic N) is 2. The summed E-state index contributed by atoms with van der Waals surface area (Å²) < 4.78 is 0. The van der Waals surface area contributed by atoms with Crippen LogP contribution in [0.1, 0.15) is 10.4 Å². The molecule has 0 aliphatic carbocycles. The second-order valence-electron chi connectivity index (χ2n) is 4.93. The molecule has 0 bridgehead atoms. The van der Waals surface area contributed by atoms with Crippen molar-refractivity contribution in [3.8, 4) is 0 Å². The van der Waals surface area contributed by atoms with Crippen LogP contribution in [0.3, 0.4) is 0 Å².